The number of nitrogens with one attached hydrogen (secondary N) is 1. The highest BCUT2D eigenvalue weighted by Gasteiger charge is 1.99. The first kappa shape index (κ1) is 10.6. The largest absolute Gasteiger partial charge is 0.455 e. The molecule has 0 aliphatic heterocycles. The van der Waals surface area contributed by atoms with Gasteiger partial charge in [-0.15, -0.1) is 0 Å². The molecule has 3 aromatic rings. The summed E-state index contributed by atoms with van der Waals surface area (Å²) < 4.78 is 5.62. The van der Waals surface area contributed by atoms with Gasteiger partial charge in [0.15, 0.2) is 0 Å². The van der Waals surface area contributed by atoms with Gasteiger partial charge in [-0.3, -0.25) is 5.43 Å². The first-order chi connectivity index (χ1) is 8.92. The summed E-state index contributed by atoms with van der Waals surface area (Å²) in [6.45, 7) is 0. The third-order valence-corrected chi connectivity index (χ3v) is 2.60. The van der Waals surface area contributed by atoms with Crippen LogP contribution in [-0.4, -0.2) is 6.21 Å². The van der Waals surface area contributed by atoms with E-state index >= 15 is 0 Å². The molecule has 3 heteroatoms. The average molecular weight is 236 g/mol. The number of benzene rings is 2. The Kier molecular flexibility index (Phi) is 2.80. The summed E-state index contributed by atoms with van der Waals surface area (Å²) in [4.78, 5) is 0. The van der Waals surface area contributed by atoms with E-state index in [-0.39, 0.29) is 0 Å². The number of hydrazone groups is 1. The second-order valence-electron chi connectivity index (χ2n) is 3.92. The molecule has 1 aromatic heterocycles. The van der Waals surface area contributed by atoms with Gasteiger partial charge in [0.25, 0.3) is 0 Å². The maximum atomic E-state index is 5.62. The van der Waals surface area contributed by atoms with Gasteiger partial charge in [0.2, 0.25) is 0 Å². The molecule has 3 nitrogen and oxygen atoms in total. The van der Waals surface area contributed by atoms with Gasteiger partial charge in [0.05, 0.1) is 11.9 Å². The molecule has 0 bridgehead atoms. The fourth-order valence-electron chi connectivity index (χ4n) is 1.75. The van der Waals surface area contributed by atoms with Gasteiger partial charge in [-0.2, -0.15) is 5.10 Å². The van der Waals surface area contributed by atoms with Crippen LogP contribution in [0.4, 0.5) is 5.69 Å². The lowest BCUT2D eigenvalue weighted by atomic mass is 10.2. The standard InChI is InChI=1S/C15H12N2O/c1-2-7-13(8-3-1)17-16-11-14-10-12-6-4-5-9-15(12)18-14/h1-11,17H/b16-11+. The Bertz CT molecular complexity index is 638. The third kappa shape index (κ3) is 2.25. The molecule has 0 saturated carbocycles. The monoisotopic (exact) mass is 236 g/mol. The molecule has 0 aliphatic rings. The lowest BCUT2D eigenvalue weighted by Crippen LogP contribution is -1.88. The van der Waals surface area contributed by atoms with Crippen molar-refractivity contribution in [1.29, 1.82) is 0 Å². The van der Waals surface area contributed by atoms with Crippen molar-refractivity contribution in [2.45, 2.75) is 0 Å². The lowest BCUT2D eigenvalue weighted by Gasteiger charge is -1.96. The van der Waals surface area contributed by atoms with Crippen LogP contribution in [0.5, 0.6) is 0 Å². The van der Waals surface area contributed by atoms with Gasteiger partial charge < -0.3 is 4.42 Å². The molecule has 0 atom stereocenters. The van der Waals surface area contributed by atoms with Crippen molar-refractivity contribution in [3.8, 4) is 0 Å². The Balaban J connectivity index is 1.76. The van der Waals surface area contributed by atoms with Crippen LogP contribution in [0.1, 0.15) is 5.76 Å². The number of nitrogens with zero attached hydrogens (tertiary/aromatic N) is 1. The van der Waals surface area contributed by atoms with Gasteiger partial charge in [-0.1, -0.05) is 36.4 Å². The van der Waals surface area contributed by atoms with E-state index in [4.69, 9.17) is 4.42 Å². The van der Waals surface area contributed by atoms with Crippen molar-refractivity contribution in [1.82, 2.24) is 0 Å². The van der Waals surface area contributed by atoms with Crippen LogP contribution in [0.15, 0.2) is 70.2 Å². The summed E-state index contributed by atoms with van der Waals surface area (Å²) in [6, 6.07) is 19.7. The van der Waals surface area contributed by atoms with E-state index in [1.807, 2.05) is 60.7 Å². The number of fused-ring (bicyclic) bond motifs is 1. The maximum Gasteiger partial charge on any atom is 0.148 e. The molecule has 1 N–H and O–H groups in total. The van der Waals surface area contributed by atoms with Crippen LogP contribution in [0.2, 0.25) is 0 Å². The summed E-state index contributed by atoms with van der Waals surface area (Å²) in [5.41, 5.74) is 4.77. The minimum absolute atomic E-state index is 0.736. The molecular weight excluding hydrogens is 224 g/mol. The van der Waals surface area contributed by atoms with Crippen LogP contribution in [0, 0.1) is 0 Å². The van der Waals surface area contributed by atoms with Crippen molar-refractivity contribution in [2.75, 3.05) is 5.43 Å². The zero-order valence-corrected chi connectivity index (χ0v) is 9.71. The molecule has 2 aromatic carbocycles. The van der Waals surface area contributed by atoms with Gasteiger partial charge in [0, 0.05) is 5.39 Å². The zero-order valence-electron chi connectivity index (χ0n) is 9.71. The molecular formula is C15H12N2O. The normalized spacial score (nSPS) is 11.1. The Morgan fingerprint density at radius 3 is 2.56 bits per heavy atom. The molecule has 0 fully saturated rings. The molecule has 0 amide bonds. The fraction of sp³-hybridized carbons (Fsp3) is 0. The van der Waals surface area contributed by atoms with E-state index in [0.717, 1.165) is 22.4 Å². The molecule has 18 heavy (non-hydrogen) atoms. The van der Waals surface area contributed by atoms with E-state index in [9.17, 15) is 0 Å². The van der Waals surface area contributed by atoms with E-state index < -0.39 is 0 Å². The van der Waals surface area contributed by atoms with Crippen molar-refractivity contribution in [3.63, 3.8) is 0 Å². The smallest absolute Gasteiger partial charge is 0.148 e. The van der Waals surface area contributed by atoms with Crippen molar-refractivity contribution < 1.29 is 4.42 Å². The first-order valence-corrected chi connectivity index (χ1v) is 5.74. The second-order valence-corrected chi connectivity index (χ2v) is 3.92. The average Bonchev–Trinajstić information content (AvgIpc) is 2.82. The molecule has 0 unspecified atom stereocenters. The van der Waals surface area contributed by atoms with Crippen LogP contribution in [-0.2, 0) is 0 Å². The van der Waals surface area contributed by atoms with Crippen LogP contribution < -0.4 is 5.43 Å². The number of para-hydroxylation sites is 2. The highest BCUT2D eigenvalue weighted by molar-refractivity contribution is 5.87. The fourth-order valence-corrected chi connectivity index (χ4v) is 1.75. The zero-order chi connectivity index (χ0) is 12.2. The highest BCUT2D eigenvalue weighted by atomic mass is 16.3. The molecule has 0 radical (unpaired) electrons. The van der Waals surface area contributed by atoms with E-state index in [0.29, 0.717) is 0 Å². The number of furan rings is 1. The summed E-state index contributed by atoms with van der Waals surface area (Å²) in [5.74, 6) is 0.736. The topological polar surface area (TPSA) is 37.5 Å². The molecule has 1 heterocycles. The van der Waals surface area contributed by atoms with E-state index in [1.165, 1.54) is 0 Å². The third-order valence-electron chi connectivity index (χ3n) is 2.60. The summed E-state index contributed by atoms with van der Waals surface area (Å²) in [7, 11) is 0. The SMILES string of the molecule is C(=N\Nc1ccccc1)/c1cc2ccccc2o1. The van der Waals surface area contributed by atoms with Gasteiger partial charge in [-0.25, -0.2) is 0 Å². The first-order valence-electron chi connectivity index (χ1n) is 5.74. The summed E-state index contributed by atoms with van der Waals surface area (Å²) in [6.07, 6.45) is 1.67. The summed E-state index contributed by atoms with van der Waals surface area (Å²) >= 11 is 0. The number of anilines is 1. The molecule has 0 saturated heterocycles. The van der Waals surface area contributed by atoms with Crippen molar-refractivity contribution >= 4 is 22.9 Å². The Morgan fingerprint density at radius 2 is 1.72 bits per heavy atom. The Morgan fingerprint density at radius 1 is 0.944 bits per heavy atom. The van der Waals surface area contributed by atoms with Gasteiger partial charge in [-0.05, 0) is 24.3 Å². The predicted octanol–water partition coefficient (Wildman–Crippen LogP) is 3.88. The molecule has 3 rings (SSSR count). The second kappa shape index (κ2) is 4.75. The van der Waals surface area contributed by atoms with Crippen LogP contribution >= 0.6 is 0 Å². The van der Waals surface area contributed by atoms with Gasteiger partial charge >= 0.3 is 0 Å². The van der Waals surface area contributed by atoms with Crippen molar-refractivity contribution in [3.05, 3.63) is 66.4 Å². The van der Waals surface area contributed by atoms with Crippen LogP contribution in [0.25, 0.3) is 11.0 Å². The number of hydrogen-bond donors (Lipinski definition) is 1. The highest BCUT2D eigenvalue weighted by Crippen LogP contribution is 2.17. The minimum atomic E-state index is 0.736. The Labute approximate surface area is 105 Å². The minimum Gasteiger partial charge on any atom is -0.455 e. The molecule has 88 valence electrons. The predicted molar refractivity (Wildman–Crippen MR) is 73.9 cm³/mol. The molecule has 0 aliphatic carbocycles. The number of hydrogen-bond acceptors (Lipinski definition) is 3. The van der Waals surface area contributed by atoms with Crippen LogP contribution in [0.3, 0.4) is 0 Å². The van der Waals surface area contributed by atoms with E-state index in [2.05, 4.69) is 10.5 Å². The van der Waals surface area contributed by atoms with Gasteiger partial charge in [0.1, 0.15) is 11.3 Å². The Hall–Kier alpha value is -2.55. The van der Waals surface area contributed by atoms with Crippen molar-refractivity contribution in [2.24, 2.45) is 5.10 Å². The quantitative estimate of drug-likeness (QED) is 0.553. The summed E-state index contributed by atoms with van der Waals surface area (Å²) in [5, 5.41) is 5.22. The maximum absolute atomic E-state index is 5.62. The lowest BCUT2D eigenvalue weighted by molar-refractivity contribution is 0.608. The van der Waals surface area contributed by atoms with E-state index in [1.54, 1.807) is 6.21 Å². The number of rotatable bonds is 3. The molecule has 0 spiro atoms.